The molecule has 7 heteroatoms. The van der Waals surface area contributed by atoms with Crippen LogP contribution < -0.4 is 19.8 Å². The Hall–Kier alpha value is -2.44. The van der Waals surface area contributed by atoms with E-state index in [1.54, 1.807) is 16.8 Å². The Morgan fingerprint density at radius 3 is 2.92 bits per heavy atom. The van der Waals surface area contributed by atoms with Crippen molar-refractivity contribution >= 4 is 34.7 Å². The monoisotopic (exact) mass is 370 g/mol. The fraction of sp³-hybridized carbons (Fsp3) is 0.167. The molecule has 0 saturated carbocycles. The van der Waals surface area contributed by atoms with Gasteiger partial charge in [0, 0.05) is 16.9 Å². The lowest BCUT2D eigenvalue weighted by Gasteiger charge is -2.26. The molecule has 4 rings (SSSR count). The van der Waals surface area contributed by atoms with Gasteiger partial charge < -0.3 is 4.90 Å². The van der Waals surface area contributed by atoms with Gasteiger partial charge in [0.25, 0.3) is 5.56 Å². The quantitative estimate of drug-likeness (QED) is 0.694. The first kappa shape index (κ1) is 16.1. The molecular weight excluding hydrogens is 356 g/mol. The number of halogens is 1. The molecule has 126 valence electrons. The average Bonchev–Trinajstić information content (AvgIpc) is 2.94. The van der Waals surface area contributed by atoms with E-state index in [9.17, 15) is 4.79 Å². The zero-order valence-corrected chi connectivity index (χ0v) is 15.1. The van der Waals surface area contributed by atoms with Gasteiger partial charge in [0.2, 0.25) is 0 Å². The van der Waals surface area contributed by atoms with Gasteiger partial charge in [-0.1, -0.05) is 35.1 Å². The number of fused-ring (bicyclic) bond motifs is 1. The van der Waals surface area contributed by atoms with Crippen molar-refractivity contribution in [2.75, 3.05) is 11.6 Å². The van der Waals surface area contributed by atoms with Crippen molar-refractivity contribution in [3.63, 3.8) is 0 Å². The highest BCUT2D eigenvalue weighted by atomic mass is 35.5. The van der Waals surface area contributed by atoms with E-state index in [4.69, 9.17) is 11.6 Å². The summed E-state index contributed by atoms with van der Waals surface area (Å²) in [5.74, 6) is 0. The van der Waals surface area contributed by atoms with E-state index in [2.05, 4.69) is 9.98 Å². The molecule has 0 spiro atoms. The second-order valence-corrected chi connectivity index (χ2v) is 7.21. The zero-order chi connectivity index (χ0) is 17.4. The minimum atomic E-state index is -0.0442. The SMILES string of the molecule is Cc1ccc(N2CN=c3s/c(=C\c4ccccn4)c(=O)n3C2)cc1Cl. The van der Waals surface area contributed by atoms with Crippen LogP contribution in [0.25, 0.3) is 6.08 Å². The molecule has 0 bridgehead atoms. The number of rotatable bonds is 2. The Balaban J connectivity index is 1.72. The molecule has 3 heterocycles. The number of anilines is 1. The van der Waals surface area contributed by atoms with Crippen molar-refractivity contribution in [3.05, 3.63) is 78.6 Å². The van der Waals surface area contributed by atoms with Crippen molar-refractivity contribution in [1.29, 1.82) is 0 Å². The molecule has 5 nitrogen and oxygen atoms in total. The molecule has 0 amide bonds. The first-order valence-corrected chi connectivity index (χ1v) is 8.99. The van der Waals surface area contributed by atoms with Crippen molar-refractivity contribution < 1.29 is 0 Å². The zero-order valence-electron chi connectivity index (χ0n) is 13.5. The number of aryl methyl sites for hydroxylation is 1. The van der Waals surface area contributed by atoms with Crippen LogP contribution in [0.2, 0.25) is 5.02 Å². The Bertz CT molecular complexity index is 1100. The molecule has 0 saturated heterocycles. The summed E-state index contributed by atoms with van der Waals surface area (Å²) in [5, 5.41) is 0.713. The van der Waals surface area contributed by atoms with Gasteiger partial charge in [-0.25, -0.2) is 4.99 Å². The smallest absolute Gasteiger partial charge is 0.271 e. The molecule has 1 aliphatic rings. The molecule has 0 aliphatic carbocycles. The Morgan fingerprint density at radius 1 is 1.28 bits per heavy atom. The average molecular weight is 371 g/mol. The second kappa shape index (κ2) is 6.46. The topological polar surface area (TPSA) is 50.5 Å². The molecular formula is C18H15ClN4OS. The van der Waals surface area contributed by atoms with Gasteiger partial charge in [-0.3, -0.25) is 14.3 Å². The predicted molar refractivity (Wildman–Crippen MR) is 101 cm³/mol. The molecule has 1 aliphatic heterocycles. The van der Waals surface area contributed by atoms with Gasteiger partial charge >= 0.3 is 0 Å². The van der Waals surface area contributed by atoms with Crippen LogP contribution in [0.5, 0.6) is 0 Å². The lowest BCUT2D eigenvalue weighted by Crippen LogP contribution is -2.42. The van der Waals surface area contributed by atoms with Crippen LogP contribution in [0, 0.1) is 6.92 Å². The molecule has 0 fully saturated rings. The molecule has 0 N–H and O–H groups in total. The van der Waals surface area contributed by atoms with Crippen molar-refractivity contribution in [3.8, 4) is 0 Å². The Morgan fingerprint density at radius 2 is 2.16 bits per heavy atom. The lowest BCUT2D eigenvalue weighted by atomic mass is 10.2. The minimum absolute atomic E-state index is 0.0442. The molecule has 25 heavy (non-hydrogen) atoms. The van der Waals surface area contributed by atoms with E-state index >= 15 is 0 Å². The van der Waals surface area contributed by atoms with Crippen LogP contribution >= 0.6 is 22.9 Å². The molecule has 2 aromatic heterocycles. The lowest BCUT2D eigenvalue weighted by molar-refractivity contribution is 0.569. The summed E-state index contributed by atoms with van der Waals surface area (Å²) in [6.07, 6.45) is 3.52. The maximum absolute atomic E-state index is 12.7. The fourth-order valence-corrected chi connectivity index (χ4v) is 3.77. The van der Waals surface area contributed by atoms with Gasteiger partial charge in [-0.15, -0.1) is 0 Å². The molecule has 3 aromatic rings. The van der Waals surface area contributed by atoms with Crippen LogP contribution in [0.15, 0.2) is 52.4 Å². The number of hydrogen-bond acceptors (Lipinski definition) is 5. The maximum atomic E-state index is 12.7. The molecule has 1 aromatic carbocycles. The highest BCUT2D eigenvalue weighted by molar-refractivity contribution is 7.07. The highest BCUT2D eigenvalue weighted by Crippen LogP contribution is 2.23. The van der Waals surface area contributed by atoms with Gasteiger partial charge in [0.15, 0.2) is 4.80 Å². The maximum Gasteiger partial charge on any atom is 0.271 e. The van der Waals surface area contributed by atoms with Crippen molar-refractivity contribution in [2.24, 2.45) is 4.99 Å². The third-order valence-corrected chi connectivity index (χ3v) is 5.52. The molecule has 0 radical (unpaired) electrons. The van der Waals surface area contributed by atoms with Crippen molar-refractivity contribution in [1.82, 2.24) is 9.55 Å². The fourth-order valence-electron chi connectivity index (χ4n) is 2.65. The summed E-state index contributed by atoms with van der Waals surface area (Å²) in [5.41, 5.74) is 2.71. The number of nitrogens with zero attached hydrogens (tertiary/aromatic N) is 4. The second-order valence-electron chi connectivity index (χ2n) is 5.80. The summed E-state index contributed by atoms with van der Waals surface area (Å²) in [4.78, 5) is 24.3. The van der Waals surface area contributed by atoms with E-state index in [1.165, 1.54) is 11.3 Å². The minimum Gasteiger partial charge on any atom is -0.334 e. The van der Waals surface area contributed by atoms with Crippen LogP contribution in [0.1, 0.15) is 11.3 Å². The van der Waals surface area contributed by atoms with Crippen LogP contribution in [-0.4, -0.2) is 16.2 Å². The summed E-state index contributed by atoms with van der Waals surface area (Å²) < 4.78 is 2.33. The first-order chi connectivity index (χ1) is 12.1. The Kier molecular flexibility index (Phi) is 4.15. The van der Waals surface area contributed by atoms with Gasteiger partial charge in [-0.05, 0) is 42.8 Å². The third kappa shape index (κ3) is 3.10. The van der Waals surface area contributed by atoms with Crippen LogP contribution in [0.3, 0.4) is 0 Å². The summed E-state index contributed by atoms with van der Waals surface area (Å²) in [6.45, 7) is 2.93. The molecule has 0 atom stereocenters. The standard InChI is InChI=1S/C18H15ClN4OS/c1-12-5-6-14(9-15(12)19)22-10-21-18-23(11-22)17(24)16(25-18)8-13-4-2-3-7-20-13/h2-9H,10-11H2,1H3/b16-8-. The normalized spacial score (nSPS) is 14.3. The number of hydrogen-bond donors (Lipinski definition) is 0. The number of aromatic nitrogens is 2. The van der Waals surface area contributed by atoms with E-state index < -0.39 is 0 Å². The molecule has 0 unspecified atom stereocenters. The third-order valence-electron chi connectivity index (χ3n) is 4.06. The van der Waals surface area contributed by atoms with E-state index in [0.717, 1.165) is 21.7 Å². The summed E-state index contributed by atoms with van der Waals surface area (Å²) in [6, 6.07) is 11.5. The van der Waals surface area contributed by atoms with E-state index in [1.807, 2.05) is 48.2 Å². The van der Waals surface area contributed by atoms with Crippen LogP contribution in [-0.2, 0) is 6.67 Å². The number of thiazole rings is 1. The van der Waals surface area contributed by atoms with Gasteiger partial charge in [0.1, 0.15) is 13.3 Å². The number of benzene rings is 1. The predicted octanol–water partition coefficient (Wildman–Crippen LogP) is 2.15. The first-order valence-electron chi connectivity index (χ1n) is 7.80. The van der Waals surface area contributed by atoms with Gasteiger partial charge in [0.05, 0.1) is 10.2 Å². The van der Waals surface area contributed by atoms with Crippen LogP contribution in [0.4, 0.5) is 5.69 Å². The van der Waals surface area contributed by atoms with Gasteiger partial charge in [-0.2, -0.15) is 0 Å². The van der Waals surface area contributed by atoms with E-state index in [-0.39, 0.29) is 5.56 Å². The Labute approximate surface area is 153 Å². The van der Waals surface area contributed by atoms with E-state index in [0.29, 0.717) is 22.9 Å². The summed E-state index contributed by atoms with van der Waals surface area (Å²) >= 11 is 7.62. The highest BCUT2D eigenvalue weighted by Gasteiger charge is 2.16. The summed E-state index contributed by atoms with van der Waals surface area (Å²) in [7, 11) is 0. The van der Waals surface area contributed by atoms with Crippen molar-refractivity contribution in [2.45, 2.75) is 13.6 Å². The largest absolute Gasteiger partial charge is 0.334 e. The number of pyridine rings is 1.